The van der Waals surface area contributed by atoms with E-state index in [0.717, 1.165) is 22.0 Å². The second-order valence-corrected chi connectivity index (χ2v) is 7.76. The predicted octanol–water partition coefficient (Wildman–Crippen LogP) is 5.43. The zero-order chi connectivity index (χ0) is 22.0. The summed E-state index contributed by atoms with van der Waals surface area (Å²) in [5, 5.41) is 5.64. The number of aryl methyl sites for hydroxylation is 1. The van der Waals surface area contributed by atoms with E-state index in [4.69, 9.17) is 25.6 Å². The number of hydrogen-bond acceptors (Lipinski definition) is 6. The summed E-state index contributed by atoms with van der Waals surface area (Å²) in [6.07, 6.45) is 2.82. The number of carbonyl (C=O) groups is 1. The molecule has 7 nitrogen and oxygen atoms in total. The van der Waals surface area contributed by atoms with Crippen molar-refractivity contribution in [2.24, 2.45) is 0 Å². The molecule has 0 bridgehead atoms. The van der Waals surface area contributed by atoms with Crippen molar-refractivity contribution < 1.29 is 18.8 Å². The quantitative estimate of drug-likeness (QED) is 0.386. The Morgan fingerprint density at radius 2 is 2.10 bits per heavy atom. The number of nitrogens with zero attached hydrogens (tertiary/aromatic N) is 2. The number of esters is 1. The highest BCUT2D eigenvalue weighted by Gasteiger charge is 2.17. The average molecular weight is 440 g/mol. The molecule has 0 atom stereocenters. The van der Waals surface area contributed by atoms with Gasteiger partial charge < -0.3 is 19.0 Å². The molecule has 2 aromatic carbocycles. The lowest BCUT2D eigenvalue weighted by Crippen LogP contribution is -2.05. The molecule has 1 N–H and O–H groups in total. The minimum absolute atomic E-state index is 0.0251. The fraction of sp³-hybridized carbons (Fsp3) is 0.261. The van der Waals surface area contributed by atoms with Crippen LogP contribution in [0.4, 0.5) is 0 Å². The molecule has 0 spiro atoms. The van der Waals surface area contributed by atoms with Gasteiger partial charge in [0.2, 0.25) is 5.82 Å². The minimum Gasteiger partial charge on any atom is -0.489 e. The van der Waals surface area contributed by atoms with E-state index in [0.29, 0.717) is 40.9 Å². The Kier molecular flexibility index (Phi) is 5.95. The number of H-pyrrole nitrogens is 1. The monoisotopic (exact) mass is 439 g/mol. The van der Waals surface area contributed by atoms with Gasteiger partial charge in [-0.1, -0.05) is 28.9 Å². The number of hydrogen-bond donors (Lipinski definition) is 1. The summed E-state index contributed by atoms with van der Waals surface area (Å²) >= 11 is 6.34. The van der Waals surface area contributed by atoms with Gasteiger partial charge in [0.15, 0.2) is 0 Å². The average Bonchev–Trinajstić information content (AvgIpc) is 3.40. The first kappa shape index (κ1) is 20.9. The molecule has 4 aromatic rings. The minimum atomic E-state index is -0.239. The van der Waals surface area contributed by atoms with Crippen LogP contribution in [0.1, 0.15) is 25.8 Å². The van der Waals surface area contributed by atoms with Crippen LogP contribution in [0.15, 0.2) is 47.1 Å². The van der Waals surface area contributed by atoms with Crippen molar-refractivity contribution in [3.63, 3.8) is 0 Å². The molecule has 0 amide bonds. The number of rotatable bonds is 7. The summed E-state index contributed by atoms with van der Waals surface area (Å²) in [6.45, 7) is 3.88. The van der Waals surface area contributed by atoms with Gasteiger partial charge >= 0.3 is 5.97 Å². The van der Waals surface area contributed by atoms with Crippen molar-refractivity contribution in [2.75, 3.05) is 7.11 Å². The SMILES string of the molecule is COC(=O)CCc1c[nH]c2c(-c3noc(-c4ccc(OC(C)C)c(Cl)c4)n3)cccc12. The highest BCUT2D eigenvalue weighted by atomic mass is 35.5. The van der Waals surface area contributed by atoms with E-state index < -0.39 is 0 Å². The molecule has 0 aliphatic heterocycles. The molecular weight excluding hydrogens is 418 g/mol. The zero-order valence-electron chi connectivity index (χ0n) is 17.4. The zero-order valence-corrected chi connectivity index (χ0v) is 18.2. The molecular formula is C23H22ClN3O4. The largest absolute Gasteiger partial charge is 0.489 e. The van der Waals surface area contributed by atoms with Gasteiger partial charge in [-0.3, -0.25) is 4.79 Å². The highest BCUT2D eigenvalue weighted by molar-refractivity contribution is 6.32. The summed E-state index contributed by atoms with van der Waals surface area (Å²) in [5.41, 5.74) is 3.42. The molecule has 0 aliphatic carbocycles. The van der Waals surface area contributed by atoms with Crippen molar-refractivity contribution in [3.8, 4) is 28.6 Å². The first-order valence-corrected chi connectivity index (χ1v) is 10.3. The van der Waals surface area contributed by atoms with Crippen LogP contribution in [0.3, 0.4) is 0 Å². The Morgan fingerprint density at radius 3 is 2.84 bits per heavy atom. The normalized spacial score (nSPS) is 11.3. The fourth-order valence-corrected chi connectivity index (χ4v) is 3.60. The topological polar surface area (TPSA) is 90.2 Å². The number of aromatic amines is 1. The predicted molar refractivity (Wildman–Crippen MR) is 118 cm³/mol. The van der Waals surface area contributed by atoms with E-state index in [-0.39, 0.29) is 12.1 Å². The number of benzene rings is 2. The van der Waals surface area contributed by atoms with Crippen molar-refractivity contribution in [3.05, 3.63) is 53.2 Å². The molecule has 8 heteroatoms. The molecule has 31 heavy (non-hydrogen) atoms. The highest BCUT2D eigenvalue weighted by Crippen LogP contribution is 2.33. The third-order valence-corrected chi connectivity index (χ3v) is 5.13. The van der Waals surface area contributed by atoms with E-state index in [2.05, 4.69) is 15.1 Å². The van der Waals surface area contributed by atoms with Gasteiger partial charge in [0, 0.05) is 29.1 Å². The van der Waals surface area contributed by atoms with Crippen LogP contribution in [0.5, 0.6) is 5.75 Å². The first-order valence-electron chi connectivity index (χ1n) is 9.92. The second kappa shape index (κ2) is 8.81. The Balaban J connectivity index is 1.63. The lowest BCUT2D eigenvalue weighted by molar-refractivity contribution is -0.140. The Hall–Kier alpha value is -3.32. The smallest absolute Gasteiger partial charge is 0.305 e. The molecule has 0 unspecified atom stereocenters. The molecule has 2 heterocycles. The Bertz CT molecular complexity index is 1230. The standard InChI is InChI=1S/C23H22ClN3O4/c1-13(2)30-19-9-7-14(11-18(19)24)23-26-22(27-31-23)17-6-4-5-16-15(12-25-21(16)17)8-10-20(28)29-3/h4-7,9,11-13,25H,8,10H2,1-3H3. The maximum absolute atomic E-state index is 11.5. The number of halogens is 1. The third-order valence-electron chi connectivity index (χ3n) is 4.84. The van der Waals surface area contributed by atoms with Crippen molar-refractivity contribution in [2.45, 2.75) is 32.8 Å². The van der Waals surface area contributed by atoms with Crippen molar-refractivity contribution >= 4 is 28.5 Å². The van der Waals surface area contributed by atoms with Gasteiger partial charge in [-0.15, -0.1) is 0 Å². The molecule has 0 fully saturated rings. The molecule has 0 aliphatic rings. The number of ether oxygens (including phenoxy) is 2. The summed E-state index contributed by atoms with van der Waals surface area (Å²) < 4.78 is 15.9. The van der Waals surface area contributed by atoms with Crippen molar-refractivity contribution in [1.29, 1.82) is 0 Å². The van der Waals surface area contributed by atoms with Crippen LogP contribution >= 0.6 is 11.6 Å². The third kappa shape index (κ3) is 4.41. The molecule has 0 radical (unpaired) electrons. The molecule has 4 rings (SSSR count). The lowest BCUT2D eigenvalue weighted by atomic mass is 10.1. The molecule has 160 valence electrons. The molecule has 2 aromatic heterocycles. The number of carbonyl (C=O) groups excluding carboxylic acids is 1. The van der Waals surface area contributed by atoms with Gasteiger partial charge in [-0.2, -0.15) is 4.98 Å². The Labute approximate surface area is 184 Å². The number of para-hydroxylation sites is 1. The maximum Gasteiger partial charge on any atom is 0.305 e. The van der Waals surface area contributed by atoms with Crippen LogP contribution < -0.4 is 4.74 Å². The maximum atomic E-state index is 11.5. The summed E-state index contributed by atoms with van der Waals surface area (Å²) in [7, 11) is 1.39. The number of methoxy groups -OCH3 is 1. The molecule has 0 saturated heterocycles. The fourth-order valence-electron chi connectivity index (χ4n) is 3.38. The van der Waals surface area contributed by atoms with E-state index >= 15 is 0 Å². The second-order valence-electron chi connectivity index (χ2n) is 7.35. The molecule has 0 saturated carbocycles. The van der Waals surface area contributed by atoms with Crippen LogP contribution in [0, 0.1) is 0 Å². The van der Waals surface area contributed by atoms with Crippen LogP contribution in [-0.4, -0.2) is 34.3 Å². The first-order chi connectivity index (χ1) is 15.0. The van der Waals surface area contributed by atoms with Gasteiger partial charge in [-0.25, -0.2) is 0 Å². The van der Waals surface area contributed by atoms with Crippen LogP contribution in [0.25, 0.3) is 33.7 Å². The van der Waals surface area contributed by atoms with E-state index in [1.165, 1.54) is 7.11 Å². The van der Waals surface area contributed by atoms with Crippen LogP contribution in [-0.2, 0) is 16.0 Å². The van der Waals surface area contributed by atoms with Gasteiger partial charge in [0.25, 0.3) is 5.89 Å². The van der Waals surface area contributed by atoms with Crippen molar-refractivity contribution in [1.82, 2.24) is 15.1 Å². The van der Waals surface area contributed by atoms with E-state index in [1.807, 2.05) is 44.3 Å². The summed E-state index contributed by atoms with van der Waals surface area (Å²) in [5.74, 6) is 1.19. The summed E-state index contributed by atoms with van der Waals surface area (Å²) in [6, 6.07) is 11.2. The van der Waals surface area contributed by atoms with Crippen LogP contribution in [0.2, 0.25) is 5.02 Å². The van der Waals surface area contributed by atoms with Gasteiger partial charge in [0.1, 0.15) is 5.75 Å². The van der Waals surface area contributed by atoms with E-state index in [9.17, 15) is 4.79 Å². The van der Waals surface area contributed by atoms with E-state index in [1.54, 1.807) is 12.1 Å². The summed E-state index contributed by atoms with van der Waals surface area (Å²) in [4.78, 5) is 19.3. The number of fused-ring (bicyclic) bond motifs is 1. The lowest BCUT2D eigenvalue weighted by Gasteiger charge is -2.11. The van der Waals surface area contributed by atoms with Gasteiger partial charge in [0.05, 0.1) is 23.8 Å². The Morgan fingerprint density at radius 1 is 1.26 bits per heavy atom. The van der Waals surface area contributed by atoms with Gasteiger partial charge in [-0.05, 0) is 50.1 Å². The number of nitrogens with one attached hydrogen (secondary N) is 1. The number of aromatic nitrogens is 3.